The Hall–Kier alpha value is -2.23. The molecule has 0 radical (unpaired) electrons. The first kappa shape index (κ1) is 11.8. The zero-order valence-corrected chi connectivity index (χ0v) is 10.8. The molecule has 0 spiro atoms. The second-order valence-electron chi connectivity index (χ2n) is 4.75. The van der Waals surface area contributed by atoms with E-state index in [1.165, 1.54) is 11.8 Å². The Morgan fingerprint density at radius 3 is 3.05 bits per heavy atom. The molecule has 0 unspecified atom stereocenters. The molecule has 2 aromatic rings. The summed E-state index contributed by atoms with van der Waals surface area (Å²) in [5, 5.41) is 6.25. The van der Waals surface area contributed by atoms with Gasteiger partial charge in [-0.1, -0.05) is 6.07 Å². The van der Waals surface area contributed by atoms with Crippen molar-refractivity contribution in [2.24, 2.45) is 0 Å². The summed E-state index contributed by atoms with van der Waals surface area (Å²) in [5.41, 5.74) is 3.81. The van der Waals surface area contributed by atoms with Crippen molar-refractivity contribution in [3.05, 3.63) is 47.4 Å². The second kappa shape index (κ2) is 4.80. The smallest absolute Gasteiger partial charge is 0.259 e. The van der Waals surface area contributed by atoms with E-state index in [-0.39, 0.29) is 5.91 Å². The average Bonchev–Trinajstić information content (AvgIpc) is 2.85. The lowest BCUT2D eigenvalue weighted by Crippen LogP contribution is -2.14. The molecule has 0 saturated carbocycles. The number of benzene rings is 1. The van der Waals surface area contributed by atoms with E-state index < -0.39 is 0 Å². The maximum atomic E-state index is 12.1. The third-order valence-electron chi connectivity index (χ3n) is 3.41. The first-order valence-corrected chi connectivity index (χ1v) is 6.46. The van der Waals surface area contributed by atoms with E-state index in [0.29, 0.717) is 11.3 Å². The number of hydrogen-bond acceptors (Lipinski definition) is 3. The maximum absolute atomic E-state index is 12.1. The summed E-state index contributed by atoms with van der Waals surface area (Å²) in [7, 11) is 0. The summed E-state index contributed by atoms with van der Waals surface area (Å²) in [6.07, 6.45) is 3.78. The fraction of sp³-hybridized carbons (Fsp3) is 0.267. The quantitative estimate of drug-likeness (QED) is 0.867. The summed E-state index contributed by atoms with van der Waals surface area (Å²) in [6.45, 7) is 2.77. The summed E-state index contributed by atoms with van der Waals surface area (Å²) >= 11 is 0. The molecule has 2 heterocycles. The predicted molar refractivity (Wildman–Crippen MR) is 74.7 cm³/mol. The molecule has 4 nitrogen and oxygen atoms in total. The Morgan fingerprint density at radius 2 is 2.26 bits per heavy atom. The molecule has 1 aromatic carbocycles. The van der Waals surface area contributed by atoms with Gasteiger partial charge in [0.25, 0.3) is 5.91 Å². The summed E-state index contributed by atoms with van der Waals surface area (Å²) in [6, 6.07) is 7.68. The number of anilines is 2. The van der Waals surface area contributed by atoms with Gasteiger partial charge in [-0.2, -0.15) is 0 Å². The number of carbonyl (C=O) groups excluding carboxylic acids is 1. The van der Waals surface area contributed by atoms with Crippen LogP contribution in [-0.4, -0.2) is 12.5 Å². The first-order chi connectivity index (χ1) is 9.24. The molecule has 3 rings (SSSR count). The lowest BCUT2D eigenvalue weighted by molar-refractivity contribution is 0.102. The molecular weight excluding hydrogens is 240 g/mol. The Labute approximate surface area is 111 Å². The van der Waals surface area contributed by atoms with Crippen molar-refractivity contribution in [2.75, 3.05) is 17.2 Å². The van der Waals surface area contributed by atoms with Gasteiger partial charge >= 0.3 is 0 Å². The molecule has 98 valence electrons. The minimum Gasteiger partial charge on any atom is -0.469 e. The van der Waals surface area contributed by atoms with Crippen LogP contribution in [0.1, 0.15) is 28.1 Å². The lowest BCUT2D eigenvalue weighted by Gasteiger charge is -2.18. The Kier molecular flexibility index (Phi) is 2.99. The van der Waals surface area contributed by atoms with Crippen LogP contribution in [0.15, 0.2) is 34.9 Å². The van der Waals surface area contributed by atoms with Crippen LogP contribution in [0.3, 0.4) is 0 Å². The van der Waals surface area contributed by atoms with Crippen molar-refractivity contribution >= 4 is 17.3 Å². The van der Waals surface area contributed by atoms with Crippen LogP contribution in [0.25, 0.3) is 0 Å². The fourth-order valence-electron chi connectivity index (χ4n) is 2.36. The van der Waals surface area contributed by atoms with Crippen molar-refractivity contribution in [1.29, 1.82) is 0 Å². The molecule has 4 heteroatoms. The molecular formula is C15H16N2O2. The summed E-state index contributed by atoms with van der Waals surface area (Å²) in [5.74, 6) is 0.496. The Morgan fingerprint density at radius 1 is 1.37 bits per heavy atom. The fourth-order valence-corrected chi connectivity index (χ4v) is 2.36. The van der Waals surface area contributed by atoms with Crippen LogP contribution in [-0.2, 0) is 6.42 Å². The van der Waals surface area contributed by atoms with E-state index in [0.717, 1.165) is 30.8 Å². The van der Waals surface area contributed by atoms with Gasteiger partial charge in [-0.25, -0.2) is 0 Å². The molecule has 1 aliphatic rings. The topological polar surface area (TPSA) is 54.3 Å². The average molecular weight is 256 g/mol. The zero-order valence-electron chi connectivity index (χ0n) is 10.8. The van der Waals surface area contributed by atoms with Crippen molar-refractivity contribution in [1.82, 2.24) is 0 Å². The molecule has 0 bridgehead atoms. The molecule has 0 aliphatic carbocycles. The largest absolute Gasteiger partial charge is 0.469 e. The van der Waals surface area contributed by atoms with Gasteiger partial charge in [0, 0.05) is 17.9 Å². The molecule has 1 aromatic heterocycles. The monoisotopic (exact) mass is 256 g/mol. The SMILES string of the molecule is Cc1occc1C(=O)Nc1ccc2c(c1)NCCC2. The highest BCUT2D eigenvalue weighted by Gasteiger charge is 2.13. The van der Waals surface area contributed by atoms with Crippen LogP contribution in [0, 0.1) is 6.92 Å². The van der Waals surface area contributed by atoms with Gasteiger partial charge in [0.2, 0.25) is 0 Å². The maximum Gasteiger partial charge on any atom is 0.259 e. The highest BCUT2D eigenvalue weighted by atomic mass is 16.3. The molecule has 0 fully saturated rings. The van der Waals surface area contributed by atoms with E-state index in [4.69, 9.17) is 4.42 Å². The van der Waals surface area contributed by atoms with Gasteiger partial charge in [-0.05, 0) is 43.5 Å². The van der Waals surface area contributed by atoms with E-state index in [2.05, 4.69) is 16.7 Å². The zero-order chi connectivity index (χ0) is 13.2. The molecule has 1 aliphatic heterocycles. The van der Waals surface area contributed by atoms with Crippen LogP contribution in [0.5, 0.6) is 0 Å². The van der Waals surface area contributed by atoms with E-state index in [1.807, 2.05) is 12.1 Å². The molecule has 2 N–H and O–H groups in total. The molecule has 1 amide bonds. The van der Waals surface area contributed by atoms with Crippen molar-refractivity contribution in [3.8, 4) is 0 Å². The number of rotatable bonds is 2. The minimum absolute atomic E-state index is 0.137. The van der Waals surface area contributed by atoms with Gasteiger partial charge in [0.05, 0.1) is 11.8 Å². The molecule has 19 heavy (non-hydrogen) atoms. The van der Waals surface area contributed by atoms with E-state index in [9.17, 15) is 4.79 Å². The third-order valence-corrected chi connectivity index (χ3v) is 3.41. The van der Waals surface area contributed by atoms with Gasteiger partial charge in [0.1, 0.15) is 5.76 Å². The first-order valence-electron chi connectivity index (χ1n) is 6.46. The van der Waals surface area contributed by atoms with Crippen molar-refractivity contribution in [2.45, 2.75) is 19.8 Å². The number of furan rings is 1. The van der Waals surface area contributed by atoms with Gasteiger partial charge in [-0.3, -0.25) is 4.79 Å². The van der Waals surface area contributed by atoms with Gasteiger partial charge < -0.3 is 15.1 Å². The number of carbonyl (C=O) groups is 1. The standard InChI is InChI=1S/C15H16N2O2/c1-10-13(6-8-19-10)15(18)17-12-5-4-11-3-2-7-16-14(11)9-12/h4-6,8-9,16H,2-3,7H2,1H3,(H,17,18). The second-order valence-corrected chi connectivity index (χ2v) is 4.75. The van der Waals surface area contributed by atoms with Gasteiger partial charge in [0.15, 0.2) is 0 Å². The number of fused-ring (bicyclic) bond motifs is 1. The van der Waals surface area contributed by atoms with Crippen molar-refractivity contribution < 1.29 is 9.21 Å². The van der Waals surface area contributed by atoms with Crippen LogP contribution in [0.2, 0.25) is 0 Å². The minimum atomic E-state index is -0.137. The highest BCUT2D eigenvalue weighted by molar-refractivity contribution is 6.05. The number of amides is 1. The van der Waals surface area contributed by atoms with Crippen LogP contribution >= 0.6 is 0 Å². The van der Waals surface area contributed by atoms with Gasteiger partial charge in [-0.15, -0.1) is 0 Å². The normalized spacial score (nSPS) is 13.5. The predicted octanol–water partition coefficient (Wildman–Crippen LogP) is 3.20. The molecule has 0 saturated heterocycles. The van der Waals surface area contributed by atoms with E-state index >= 15 is 0 Å². The van der Waals surface area contributed by atoms with Crippen molar-refractivity contribution in [3.63, 3.8) is 0 Å². The molecule has 0 atom stereocenters. The Bertz CT molecular complexity index is 616. The number of aryl methyl sites for hydroxylation is 2. The number of nitrogens with one attached hydrogen (secondary N) is 2. The summed E-state index contributed by atoms with van der Waals surface area (Å²) in [4.78, 5) is 12.1. The Balaban J connectivity index is 1.80. The van der Waals surface area contributed by atoms with E-state index in [1.54, 1.807) is 13.0 Å². The van der Waals surface area contributed by atoms with Crippen LogP contribution in [0.4, 0.5) is 11.4 Å². The third kappa shape index (κ3) is 2.34. The highest BCUT2D eigenvalue weighted by Crippen LogP contribution is 2.25. The van der Waals surface area contributed by atoms with Crippen LogP contribution < -0.4 is 10.6 Å². The summed E-state index contributed by atoms with van der Waals surface area (Å²) < 4.78 is 5.14. The lowest BCUT2D eigenvalue weighted by atomic mass is 10.0. The number of hydrogen-bond donors (Lipinski definition) is 2.